The Balaban J connectivity index is 2.35. The fraction of sp³-hybridized carbons (Fsp3) is 0.318. The van der Waals surface area contributed by atoms with Crippen LogP contribution in [0.25, 0.3) is 0 Å². The highest BCUT2D eigenvalue weighted by Gasteiger charge is 2.16. The van der Waals surface area contributed by atoms with Gasteiger partial charge in [-0.2, -0.15) is 0 Å². The predicted octanol–water partition coefficient (Wildman–Crippen LogP) is 3.68. The summed E-state index contributed by atoms with van der Waals surface area (Å²) in [5.74, 6) is 0.420. The van der Waals surface area contributed by atoms with Crippen molar-refractivity contribution >= 4 is 17.8 Å². The van der Waals surface area contributed by atoms with Gasteiger partial charge in [-0.05, 0) is 43.6 Å². The quantitative estimate of drug-likeness (QED) is 0.433. The maximum absolute atomic E-state index is 12.1. The van der Waals surface area contributed by atoms with E-state index in [1.54, 1.807) is 27.4 Å². The van der Waals surface area contributed by atoms with Gasteiger partial charge in [0.25, 0.3) is 0 Å². The molecule has 6 nitrogen and oxygen atoms in total. The normalized spacial score (nSPS) is 17.7. The number of ether oxygens (including phenoxy) is 1. The number of carbonyl (C=O) groups excluding carboxylic acids is 1. The third kappa shape index (κ3) is 5.42. The van der Waals surface area contributed by atoms with Crippen LogP contribution in [0.3, 0.4) is 0 Å². The smallest absolute Gasteiger partial charge is 0.250 e. The van der Waals surface area contributed by atoms with Gasteiger partial charge in [0.05, 0.1) is 18.5 Å². The predicted molar refractivity (Wildman–Crippen MR) is 114 cm³/mol. The summed E-state index contributed by atoms with van der Waals surface area (Å²) in [6.07, 6.45) is 15.9. The van der Waals surface area contributed by atoms with Crippen molar-refractivity contribution < 1.29 is 14.6 Å². The van der Waals surface area contributed by atoms with Gasteiger partial charge in [0, 0.05) is 38.5 Å². The zero-order valence-electron chi connectivity index (χ0n) is 16.8. The molecule has 0 unspecified atom stereocenters. The van der Waals surface area contributed by atoms with Gasteiger partial charge in [-0.3, -0.25) is 9.79 Å². The number of nitrogens with zero attached hydrogens (tertiary/aromatic N) is 3. The van der Waals surface area contributed by atoms with Gasteiger partial charge < -0.3 is 14.7 Å². The molecule has 1 aliphatic carbocycles. The second-order valence-electron chi connectivity index (χ2n) is 6.25. The summed E-state index contributed by atoms with van der Waals surface area (Å²) < 4.78 is 5.28. The van der Waals surface area contributed by atoms with Crippen LogP contribution in [0.4, 0.5) is 0 Å². The maximum atomic E-state index is 12.1. The molecule has 0 fully saturated rings. The van der Waals surface area contributed by atoms with Crippen molar-refractivity contribution in [2.75, 3.05) is 27.7 Å². The van der Waals surface area contributed by atoms with Crippen LogP contribution in [-0.4, -0.2) is 55.6 Å². The number of aliphatic hydroxyl groups excluding tert-OH is 1. The van der Waals surface area contributed by atoms with Crippen LogP contribution in [-0.2, 0) is 9.53 Å². The van der Waals surface area contributed by atoms with E-state index in [2.05, 4.69) is 11.1 Å². The van der Waals surface area contributed by atoms with E-state index < -0.39 is 0 Å². The first-order chi connectivity index (χ1) is 13.5. The Morgan fingerprint density at radius 3 is 2.71 bits per heavy atom. The number of allylic oxidation sites excluding steroid dienone is 7. The van der Waals surface area contributed by atoms with Crippen LogP contribution in [0.1, 0.15) is 19.8 Å². The molecule has 2 rings (SSSR count). The minimum Gasteiger partial charge on any atom is -0.507 e. The monoisotopic (exact) mass is 381 g/mol. The minimum atomic E-state index is -0.265. The van der Waals surface area contributed by atoms with Crippen molar-refractivity contribution in [2.45, 2.75) is 19.8 Å². The minimum absolute atomic E-state index is 0.118. The highest BCUT2D eigenvalue weighted by Crippen LogP contribution is 2.24. The summed E-state index contributed by atoms with van der Waals surface area (Å²) in [5, 5.41) is 10.5. The van der Waals surface area contributed by atoms with Crippen LogP contribution in [0.2, 0.25) is 0 Å². The Morgan fingerprint density at radius 1 is 1.29 bits per heavy atom. The van der Waals surface area contributed by atoms with Gasteiger partial charge in [-0.15, -0.1) is 0 Å². The summed E-state index contributed by atoms with van der Waals surface area (Å²) in [4.78, 5) is 22.4. The molecule has 0 aromatic heterocycles. The lowest BCUT2D eigenvalue weighted by Crippen LogP contribution is -2.25. The number of amides is 1. The Hall–Kier alpha value is -3.15. The number of hydrogen-bond donors (Lipinski definition) is 1. The molecular formula is C22H27N3O3. The standard InChI is InChI=1S/C22H27N3O3/c1-5-25(3)22(27)14-21(26)18-10-7-11-19(24-20(18)15-23-2)16-8-6-9-17(28-4)13-12-16/h8-15,26H,5-7H2,1-4H3/b21-14-,23-15?. The molecule has 1 aliphatic heterocycles. The van der Waals surface area contributed by atoms with Gasteiger partial charge in [0.1, 0.15) is 11.5 Å². The molecule has 0 spiro atoms. The number of methoxy groups -OCH3 is 1. The number of aliphatic imine (C=N–C) groups is 2. The van der Waals surface area contributed by atoms with E-state index >= 15 is 0 Å². The number of aliphatic hydroxyl groups is 1. The average molecular weight is 381 g/mol. The molecule has 0 bridgehead atoms. The van der Waals surface area contributed by atoms with Gasteiger partial charge in [0.15, 0.2) is 0 Å². The average Bonchev–Trinajstić information content (AvgIpc) is 3.05. The van der Waals surface area contributed by atoms with E-state index in [1.165, 1.54) is 11.0 Å². The van der Waals surface area contributed by atoms with Crippen LogP contribution in [0.15, 0.2) is 80.9 Å². The molecule has 28 heavy (non-hydrogen) atoms. The summed E-state index contributed by atoms with van der Waals surface area (Å²) in [6, 6.07) is 0. The van der Waals surface area contributed by atoms with Crippen molar-refractivity contribution in [1.29, 1.82) is 0 Å². The van der Waals surface area contributed by atoms with E-state index in [-0.39, 0.29) is 11.7 Å². The highest BCUT2D eigenvalue weighted by atomic mass is 16.5. The molecule has 0 aromatic carbocycles. The zero-order valence-corrected chi connectivity index (χ0v) is 16.8. The first kappa shape index (κ1) is 21.2. The van der Waals surface area contributed by atoms with Gasteiger partial charge in [-0.1, -0.05) is 18.2 Å². The van der Waals surface area contributed by atoms with Crippen LogP contribution >= 0.6 is 0 Å². The van der Waals surface area contributed by atoms with Crippen LogP contribution in [0.5, 0.6) is 0 Å². The molecule has 6 heteroatoms. The summed E-state index contributed by atoms with van der Waals surface area (Å²) >= 11 is 0. The van der Waals surface area contributed by atoms with Crippen molar-refractivity contribution in [3.8, 4) is 0 Å². The maximum Gasteiger partial charge on any atom is 0.250 e. The fourth-order valence-electron chi connectivity index (χ4n) is 2.68. The Morgan fingerprint density at radius 2 is 2.04 bits per heavy atom. The Labute approximate surface area is 166 Å². The van der Waals surface area contributed by atoms with Crippen molar-refractivity contribution in [3.05, 3.63) is 70.9 Å². The van der Waals surface area contributed by atoms with E-state index in [0.717, 1.165) is 23.5 Å². The van der Waals surface area contributed by atoms with Crippen LogP contribution in [0, 0.1) is 0 Å². The van der Waals surface area contributed by atoms with E-state index in [9.17, 15) is 9.90 Å². The van der Waals surface area contributed by atoms with Crippen molar-refractivity contribution in [1.82, 2.24) is 4.90 Å². The third-order valence-electron chi connectivity index (χ3n) is 4.40. The zero-order chi connectivity index (χ0) is 20.5. The number of rotatable bonds is 6. The molecule has 2 aliphatic rings. The number of hydrogen-bond acceptors (Lipinski definition) is 5. The molecule has 1 amide bonds. The van der Waals surface area contributed by atoms with Gasteiger partial charge in [0.2, 0.25) is 5.91 Å². The lowest BCUT2D eigenvalue weighted by molar-refractivity contribution is -0.124. The molecular weight excluding hydrogens is 354 g/mol. The number of likely N-dealkylation sites (N-methyl/N-ethyl adjacent to an activating group) is 1. The van der Waals surface area contributed by atoms with Crippen LogP contribution < -0.4 is 0 Å². The lowest BCUT2D eigenvalue weighted by atomic mass is 10.1. The SMILES string of the molecule is CCN(C)C(=O)/C=C(\O)C1=CCC=C(C2=CCC=C(OC)C=C2)N=C1C=NC. The molecule has 0 aromatic rings. The topological polar surface area (TPSA) is 74.5 Å². The summed E-state index contributed by atoms with van der Waals surface area (Å²) in [6.45, 7) is 2.43. The van der Waals surface area contributed by atoms with E-state index in [0.29, 0.717) is 24.3 Å². The Kier molecular flexibility index (Phi) is 7.75. The third-order valence-corrected chi connectivity index (χ3v) is 4.40. The molecule has 0 saturated heterocycles. The molecule has 0 radical (unpaired) electrons. The van der Waals surface area contributed by atoms with Gasteiger partial charge >= 0.3 is 0 Å². The first-order valence-electron chi connectivity index (χ1n) is 9.20. The molecule has 0 saturated carbocycles. The molecule has 1 heterocycles. The first-order valence-corrected chi connectivity index (χ1v) is 9.20. The largest absolute Gasteiger partial charge is 0.507 e. The molecule has 1 N–H and O–H groups in total. The Bertz CT molecular complexity index is 852. The highest BCUT2D eigenvalue weighted by molar-refractivity contribution is 6.39. The van der Waals surface area contributed by atoms with Gasteiger partial charge in [-0.25, -0.2) is 4.99 Å². The van der Waals surface area contributed by atoms with Crippen molar-refractivity contribution in [2.24, 2.45) is 9.98 Å². The van der Waals surface area contributed by atoms with Crippen molar-refractivity contribution in [3.63, 3.8) is 0 Å². The second-order valence-corrected chi connectivity index (χ2v) is 6.25. The summed E-state index contributed by atoms with van der Waals surface area (Å²) in [7, 11) is 4.97. The summed E-state index contributed by atoms with van der Waals surface area (Å²) in [5.41, 5.74) is 2.74. The van der Waals surface area contributed by atoms with E-state index in [1.807, 2.05) is 37.3 Å². The lowest BCUT2D eigenvalue weighted by Gasteiger charge is -2.12. The second kappa shape index (κ2) is 10.3. The van der Waals surface area contributed by atoms with E-state index in [4.69, 9.17) is 9.73 Å². The molecule has 0 atom stereocenters. The number of carbonyl (C=O) groups is 1. The molecule has 148 valence electrons. The fourth-order valence-corrected chi connectivity index (χ4v) is 2.68.